The number of carbonyl (C=O) groups is 2. The first-order valence-corrected chi connectivity index (χ1v) is 9.98. The molecular formula is C24H31NO5. The van der Waals surface area contributed by atoms with Crippen LogP contribution in [0.3, 0.4) is 0 Å². The van der Waals surface area contributed by atoms with Crippen LogP contribution in [0.4, 0.5) is 0 Å². The van der Waals surface area contributed by atoms with Gasteiger partial charge in [-0.25, -0.2) is 0 Å². The molecule has 0 saturated carbocycles. The number of aromatic hydroxyl groups is 1. The average Bonchev–Trinajstić information content (AvgIpc) is 2.72. The molecule has 0 aliphatic carbocycles. The Morgan fingerprint density at radius 3 is 2.00 bits per heavy atom. The van der Waals surface area contributed by atoms with Crippen LogP contribution in [-0.4, -0.2) is 23.5 Å². The summed E-state index contributed by atoms with van der Waals surface area (Å²) in [5, 5.41) is 4.71. The van der Waals surface area contributed by atoms with E-state index in [9.17, 15) is 9.59 Å². The smallest absolute Gasteiger partial charge is 0.307 e. The predicted molar refractivity (Wildman–Crippen MR) is 114 cm³/mol. The average molecular weight is 415 g/mol. The molecular weight excluding hydrogens is 382 g/mol. The zero-order chi connectivity index (χ0) is 23.6. The van der Waals surface area contributed by atoms with Crippen molar-refractivity contribution in [2.24, 2.45) is 23.7 Å². The molecule has 1 aromatic heterocycles. The van der Waals surface area contributed by atoms with E-state index in [0.29, 0.717) is 16.8 Å². The Morgan fingerprint density at radius 1 is 1.07 bits per heavy atom. The summed E-state index contributed by atoms with van der Waals surface area (Å²) in [5.41, 5.74) is 1.35. The van der Waals surface area contributed by atoms with Gasteiger partial charge in [-0.3, -0.25) is 14.6 Å². The number of nitrogens with zero attached hydrogens (tertiary/aromatic N) is 1. The number of aromatic nitrogens is 1. The molecule has 6 nitrogen and oxygen atoms in total. The number of terminal acetylenes is 2. The highest BCUT2D eigenvalue weighted by molar-refractivity contribution is 5.71. The number of aryl methyl sites for hydroxylation is 1. The van der Waals surface area contributed by atoms with Crippen LogP contribution >= 0.6 is 0 Å². The van der Waals surface area contributed by atoms with Gasteiger partial charge < -0.3 is 14.6 Å². The monoisotopic (exact) mass is 414 g/mol. The number of hydrogen-bond acceptors (Lipinski definition) is 6. The van der Waals surface area contributed by atoms with Crippen molar-refractivity contribution >= 4 is 11.9 Å². The molecule has 0 bridgehead atoms. The van der Waals surface area contributed by atoms with E-state index in [1.54, 1.807) is 6.92 Å². The van der Waals surface area contributed by atoms with E-state index in [1.165, 1.54) is 6.20 Å². The molecule has 0 aromatic carbocycles. The second-order valence-corrected chi connectivity index (χ2v) is 7.94. The predicted octanol–water partition coefficient (Wildman–Crippen LogP) is 3.77. The van der Waals surface area contributed by atoms with Gasteiger partial charge in [0.25, 0.3) is 1.43 Å². The van der Waals surface area contributed by atoms with Crippen LogP contribution < -0.4 is 0 Å². The Bertz CT molecular complexity index is 851. The summed E-state index contributed by atoms with van der Waals surface area (Å²) in [6.07, 6.45) is 12.6. The Balaban J connectivity index is 2.91. The van der Waals surface area contributed by atoms with Crippen LogP contribution in [0.2, 0.25) is 0 Å². The first-order valence-electron chi connectivity index (χ1n) is 10.4. The summed E-state index contributed by atoms with van der Waals surface area (Å²) < 4.78 is 18.1. The van der Waals surface area contributed by atoms with E-state index in [-0.39, 0.29) is 55.5 Å². The third-order valence-electron chi connectivity index (χ3n) is 4.98. The highest BCUT2D eigenvalue weighted by Gasteiger charge is 2.20. The van der Waals surface area contributed by atoms with Gasteiger partial charge in [0.2, 0.25) is 0 Å². The number of carbonyl (C=O) groups excluding carboxylic acids is 2. The second-order valence-electron chi connectivity index (χ2n) is 7.94. The number of ether oxygens (including phenoxy) is 2. The molecule has 0 spiro atoms. The molecule has 1 rings (SSSR count). The van der Waals surface area contributed by atoms with Gasteiger partial charge in [0.15, 0.2) is 0 Å². The van der Waals surface area contributed by atoms with Crippen LogP contribution in [0.15, 0.2) is 6.20 Å². The molecule has 1 aromatic rings. The van der Waals surface area contributed by atoms with Crippen molar-refractivity contribution in [3.8, 4) is 30.4 Å². The van der Waals surface area contributed by atoms with Crippen molar-refractivity contribution in [3.63, 3.8) is 0 Å². The van der Waals surface area contributed by atoms with Gasteiger partial charge in [-0.15, -0.1) is 24.7 Å². The van der Waals surface area contributed by atoms with E-state index in [4.69, 9.17) is 28.9 Å². The molecule has 2 atom stereocenters. The molecule has 2 unspecified atom stereocenters. The number of esters is 2. The maximum atomic E-state index is 12.2. The largest absolute Gasteiger partial charge is 0.506 e. The van der Waals surface area contributed by atoms with E-state index >= 15 is 0 Å². The van der Waals surface area contributed by atoms with Gasteiger partial charge in [-0.2, -0.15) is 0 Å². The molecule has 30 heavy (non-hydrogen) atoms. The summed E-state index contributed by atoms with van der Waals surface area (Å²) in [5.74, 6) is 4.28. The first-order chi connectivity index (χ1) is 14.6. The summed E-state index contributed by atoms with van der Waals surface area (Å²) >= 11 is 0. The minimum absolute atomic E-state index is 0.0856. The molecule has 162 valence electrons. The summed E-state index contributed by atoms with van der Waals surface area (Å²) in [4.78, 5) is 28.6. The topological polar surface area (TPSA) is 85.7 Å². The fraction of sp³-hybridized carbons (Fsp3) is 0.542. The fourth-order valence-corrected chi connectivity index (χ4v) is 2.72. The summed E-state index contributed by atoms with van der Waals surface area (Å²) in [6, 6.07) is 0. The Morgan fingerprint density at radius 2 is 1.57 bits per heavy atom. The van der Waals surface area contributed by atoms with Gasteiger partial charge in [0.05, 0.1) is 18.5 Å². The maximum Gasteiger partial charge on any atom is 0.307 e. The minimum Gasteiger partial charge on any atom is -0.506 e. The Kier molecular flexibility index (Phi) is 9.22. The van der Waals surface area contributed by atoms with Crippen molar-refractivity contribution in [1.29, 1.82) is 1.43 Å². The van der Waals surface area contributed by atoms with Crippen molar-refractivity contribution in [2.45, 2.75) is 60.7 Å². The molecule has 1 heterocycles. The zero-order valence-corrected chi connectivity index (χ0v) is 18.4. The number of rotatable bonds is 11. The van der Waals surface area contributed by atoms with Crippen molar-refractivity contribution in [2.75, 3.05) is 0 Å². The van der Waals surface area contributed by atoms with Crippen LogP contribution in [-0.2, 0) is 32.3 Å². The van der Waals surface area contributed by atoms with E-state index in [1.807, 2.05) is 27.7 Å². The number of hydrogen-bond donors (Lipinski definition) is 1. The number of pyridine rings is 1. The van der Waals surface area contributed by atoms with Gasteiger partial charge in [-0.05, 0) is 18.8 Å². The molecule has 0 aliphatic heterocycles. The SMILES string of the molecule is [2H]Oc1c(C)ncc(COC(=O)CC(C#C)C(C)C)c1COC(=O)CC(C#C)C(C)C. The van der Waals surface area contributed by atoms with Gasteiger partial charge in [-0.1, -0.05) is 27.7 Å². The van der Waals surface area contributed by atoms with Crippen LogP contribution in [0.1, 0.15) is 57.4 Å². The lowest BCUT2D eigenvalue weighted by Crippen LogP contribution is -2.16. The standard InChI is InChI=1S/C24H31NO5/c1-8-18(15(3)4)10-22(26)29-13-20-12-25-17(7)24(28)21(20)14-30-23(27)11-19(9-2)16(5)6/h1-2,12,15-16,18-19,28H,10-11,13-14H2,3-7H3/i/hD. The van der Waals surface area contributed by atoms with Crippen LogP contribution in [0.5, 0.6) is 5.75 Å². The summed E-state index contributed by atoms with van der Waals surface area (Å²) in [7, 11) is 0. The van der Waals surface area contributed by atoms with Gasteiger partial charge in [0.1, 0.15) is 19.0 Å². The van der Waals surface area contributed by atoms with Crippen molar-refractivity contribution in [1.82, 2.24) is 4.98 Å². The summed E-state index contributed by atoms with van der Waals surface area (Å²) in [6.45, 7) is 9.16. The molecule has 0 radical (unpaired) electrons. The first kappa shape index (κ1) is 23.3. The quantitative estimate of drug-likeness (QED) is 0.438. The van der Waals surface area contributed by atoms with E-state index in [0.717, 1.165) is 0 Å². The van der Waals surface area contributed by atoms with Crippen molar-refractivity contribution < 1.29 is 24.2 Å². The zero-order valence-electron chi connectivity index (χ0n) is 19.4. The lowest BCUT2D eigenvalue weighted by molar-refractivity contribution is -0.147. The minimum atomic E-state index is -0.459. The van der Waals surface area contributed by atoms with Crippen LogP contribution in [0, 0.1) is 55.3 Å². The van der Waals surface area contributed by atoms with E-state index in [2.05, 4.69) is 16.8 Å². The highest BCUT2D eigenvalue weighted by Crippen LogP contribution is 2.26. The van der Waals surface area contributed by atoms with Gasteiger partial charge >= 0.3 is 11.9 Å². The fourth-order valence-electron chi connectivity index (χ4n) is 2.72. The Labute approximate surface area is 180 Å². The normalized spacial score (nSPS) is 13.0. The lowest BCUT2D eigenvalue weighted by Gasteiger charge is -2.17. The van der Waals surface area contributed by atoms with E-state index < -0.39 is 11.9 Å². The molecule has 0 fully saturated rings. The third kappa shape index (κ3) is 7.44. The van der Waals surface area contributed by atoms with Gasteiger partial charge in [0, 0.05) is 29.2 Å². The third-order valence-corrected chi connectivity index (χ3v) is 4.98. The second kappa shape index (κ2) is 11.9. The lowest BCUT2D eigenvalue weighted by atomic mass is 9.93. The molecule has 0 saturated heterocycles. The van der Waals surface area contributed by atoms with Crippen LogP contribution in [0.25, 0.3) is 0 Å². The molecule has 0 amide bonds. The Hall–Kier alpha value is -2.99. The highest BCUT2D eigenvalue weighted by atomic mass is 16.5. The van der Waals surface area contributed by atoms with Crippen molar-refractivity contribution in [3.05, 3.63) is 23.0 Å². The molecule has 1 N–H and O–H groups in total. The molecule has 0 aliphatic rings. The maximum absolute atomic E-state index is 12.2. The molecule has 6 heteroatoms.